The quantitative estimate of drug-likeness (QED) is 0.588. The highest BCUT2D eigenvalue weighted by molar-refractivity contribution is 6.04. The van der Waals surface area contributed by atoms with Gasteiger partial charge in [-0.2, -0.15) is 0 Å². The van der Waals surface area contributed by atoms with Crippen LogP contribution in [0.15, 0.2) is 0 Å². The molecule has 4 nitrogen and oxygen atoms in total. The molecule has 1 aliphatic carbocycles. The number of esters is 1. The van der Waals surface area contributed by atoms with Crippen LogP contribution in [0.1, 0.15) is 46.0 Å². The molecule has 0 heterocycles. The molecule has 1 N–H and O–H groups in total. The third-order valence-electron chi connectivity index (χ3n) is 3.47. The third kappa shape index (κ3) is 3.06. The summed E-state index contributed by atoms with van der Waals surface area (Å²) in [6.45, 7) is 3.88. The second kappa shape index (κ2) is 6.15. The average Bonchev–Trinajstić information content (AvgIpc) is 2.32. The number of carbonyl (C=O) groups is 2. The Hall–Kier alpha value is -0.900. The molecule has 1 fully saturated rings. The maximum Gasteiger partial charge on any atom is 0.319 e. The SMILES string of the molecule is CCOC(=O)C1(CC(C)CO)CCCCC1=O. The molecule has 98 valence electrons. The van der Waals surface area contributed by atoms with Gasteiger partial charge in [-0.05, 0) is 32.1 Å². The first kappa shape index (κ1) is 14.2. The summed E-state index contributed by atoms with van der Waals surface area (Å²) in [5, 5.41) is 9.11. The molecule has 17 heavy (non-hydrogen) atoms. The molecule has 0 aromatic heterocycles. The number of hydrogen-bond acceptors (Lipinski definition) is 4. The van der Waals surface area contributed by atoms with Gasteiger partial charge < -0.3 is 9.84 Å². The first-order valence-corrected chi connectivity index (χ1v) is 6.38. The number of carbonyl (C=O) groups excluding carboxylic acids is 2. The van der Waals surface area contributed by atoms with E-state index in [1.54, 1.807) is 6.92 Å². The smallest absolute Gasteiger partial charge is 0.319 e. The highest BCUT2D eigenvalue weighted by Gasteiger charge is 2.48. The van der Waals surface area contributed by atoms with Crippen LogP contribution in [0.25, 0.3) is 0 Å². The molecule has 2 atom stereocenters. The van der Waals surface area contributed by atoms with Gasteiger partial charge in [-0.3, -0.25) is 9.59 Å². The first-order chi connectivity index (χ1) is 8.06. The van der Waals surface area contributed by atoms with Gasteiger partial charge >= 0.3 is 5.97 Å². The molecule has 1 rings (SSSR count). The number of hydrogen-bond donors (Lipinski definition) is 1. The van der Waals surface area contributed by atoms with Gasteiger partial charge in [0.1, 0.15) is 11.2 Å². The predicted octanol–water partition coefficient (Wildman–Crippen LogP) is 1.70. The van der Waals surface area contributed by atoms with Crippen molar-refractivity contribution in [2.75, 3.05) is 13.2 Å². The van der Waals surface area contributed by atoms with E-state index < -0.39 is 11.4 Å². The summed E-state index contributed by atoms with van der Waals surface area (Å²) in [6, 6.07) is 0. The van der Waals surface area contributed by atoms with Gasteiger partial charge in [0.2, 0.25) is 0 Å². The third-order valence-corrected chi connectivity index (χ3v) is 3.47. The van der Waals surface area contributed by atoms with E-state index in [1.165, 1.54) is 0 Å². The molecule has 2 unspecified atom stereocenters. The first-order valence-electron chi connectivity index (χ1n) is 6.38. The van der Waals surface area contributed by atoms with Gasteiger partial charge in [0, 0.05) is 13.0 Å². The van der Waals surface area contributed by atoms with E-state index in [1.807, 2.05) is 6.92 Å². The van der Waals surface area contributed by atoms with Crippen molar-refractivity contribution in [1.82, 2.24) is 0 Å². The summed E-state index contributed by atoms with van der Waals surface area (Å²) in [6.07, 6.45) is 3.16. The van der Waals surface area contributed by atoms with Crippen molar-refractivity contribution in [3.8, 4) is 0 Å². The van der Waals surface area contributed by atoms with Gasteiger partial charge in [0.25, 0.3) is 0 Å². The fraction of sp³-hybridized carbons (Fsp3) is 0.846. The van der Waals surface area contributed by atoms with Crippen LogP contribution in [-0.2, 0) is 14.3 Å². The average molecular weight is 242 g/mol. The van der Waals surface area contributed by atoms with Crippen molar-refractivity contribution < 1.29 is 19.4 Å². The van der Waals surface area contributed by atoms with Crippen molar-refractivity contribution in [2.45, 2.75) is 46.0 Å². The molecule has 1 saturated carbocycles. The molecular formula is C13H22O4. The summed E-state index contributed by atoms with van der Waals surface area (Å²) < 4.78 is 5.06. The number of ketones is 1. The fourth-order valence-corrected chi connectivity index (χ4v) is 2.53. The Morgan fingerprint density at radius 3 is 2.76 bits per heavy atom. The zero-order chi connectivity index (χ0) is 12.9. The van der Waals surface area contributed by atoms with Crippen LogP contribution in [0.2, 0.25) is 0 Å². The molecule has 0 radical (unpaired) electrons. The van der Waals surface area contributed by atoms with Crippen molar-refractivity contribution in [3.63, 3.8) is 0 Å². The van der Waals surface area contributed by atoms with E-state index in [-0.39, 0.29) is 18.3 Å². The Kier molecular flexibility index (Phi) is 5.12. The van der Waals surface area contributed by atoms with E-state index in [4.69, 9.17) is 9.84 Å². The Bertz CT molecular complexity index is 287. The molecular weight excluding hydrogens is 220 g/mol. The lowest BCUT2D eigenvalue weighted by Crippen LogP contribution is -2.44. The van der Waals surface area contributed by atoms with Crippen LogP contribution in [0.5, 0.6) is 0 Å². The molecule has 0 aromatic rings. The topological polar surface area (TPSA) is 63.6 Å². The van der Waals surface area contributed by atoms with Gasteiger partial charge in [-0.1, -0.05) is 13.3 Å². The van der Waals surface area contributed by atoms with Crippen LogP contribution in [0.4, 0.5) is 0 Å². The van der Waals surface area contributed by atoms with Crippen LogP contribution < -0.4 is 0 Å². The van der Waals surface area contributed by atoms with Crippen molar-refractivity contribution >= 4 is 11.8 Å². The molecule has 0 aliphatic heterocycles. The van der Waals surface area contributed by atoms with Crippen LogP contribution >= 0.6 is 0 Å². The summed E-state index contributed by atoms with van der Waals surface area (Å²) in [5.74, 6) is -0.464. The van der Waals surface area contributed by atoms with Crippen molar-refractivity contribution in [3.05, 3.63) is 0 Å². The molecule has 0 bridgehead atoms. The Labute approximate surface area is 102 Å². The fourth-order valence-electron chi connectivity index (χ4n) is 2.53. The monoisotopic (exact) mass is 242 g/mol. The van der Waals surface area contributed by atoms with Crippen LogP contribution in [0.3, 0.4) is 0 Å². The zero-order valence-electron chi connectivity index (χ0n) is 10.7. The van der Waals surface area contributed by atoms with E-state index >= 15 is 0 Å². The van der Waals surface area contributed by atoms with Crippen molar-refractivity contribution in [1.29, 1.82) is 0 Å². The van der Waals surface area contributed by atoms with Gasteiger partial charge in [-0.15, -0.1) is 0 Å². The second-order valence-electron chi connectivity index (χ2n) is 4.92. The molecule has 0 saturated heterocycles. The maximum absolute atomic E-state index is 12.1. The highest BCUT2D eigenvalue weighted by atomic mass is 16.5. The number of Topliss-reactive ketones (excluding diaryl/α,β-unsaturated/α-hetero) is 1. The lowest BCUT2D eigenvalue weighted by molar-refractivity contribution is -0.163. The highest BCUT2D eigenvalue weighted by Crippen LogP contribution is 2.40. The Morgan fingerprint density at radius 1 is 1.53 bits per heavy atom. The zero-order valence-corrected chi connectivity index (χ0v) is 10.7. The maximum atomic E-state index is 12.1. The summed E-state index contributed by atoms with van der Waals surface area (Å²) in [5.41, 5.74) is -0.990. The standard InChI is InChI=1S/C13H22O4/c1-3-17-12(16)13(8-10(2)9-14)7-5-4-6-11(13)15/h10,14H,3-9H2,1-2H3. The minimum absolute atomic E-state index is 0.00552. The van der Waals surface area contributed by atoms with E-state index in [9.17, 15) is 9.59 Å². The molecule has 0 aromatic carbocycles. The van der Waals surface area contributed by atoms with E-state index in [0.717, 1.165) is 12.8 Å². The molecule has 1 aliphatic rings. The summed E-state index contributed by atoms with van der Waals surface area (Å²) in [4.78, 5) is 24.2. The lowest BCUT2D eigenvalue weighted by Gasteiger charge is -2.34. The normalized spacial score (nSPS) is 26.6. The van der Waals surface area contributed by atoms with E-state index in [2.05, 4.69) is 0 Å². The minimum atomic E-state index is -0.990. The predicted molar refractivity (Wildman–Crippen MR) is 63.4 cm³/mol. The van der Waals surface area contributed by atoms with Gasteiger partial charge in [0.05, 0.1) is 6.61 Å². The molecule has 0 amide bonds. The molecule has 0 spiro atoms. The van der Waals surface area contributed by atoms with Gasteiger partial charge in [0.15, 0.2) is 0 Å². The largest absolute Gasteiger partial charge is 0.465 e. The summed E-state index contributed by atoms with van der Waals surface area (Å²) in [7, 11) is 0. The Morgan fingerprint density at radius 2 is 2.24 bits per heavy atom. The number of ether oxygens (including phenoxy) is 1. The second-order valence-corrected chi connectivity index (χ2v) is 4.92. The number of aliphatic hydroxyl groups is 1. The Balaban J connectivity index is 2.89. The van der Waals surface area contributed by atoms with Crippen molar-refractivity contribution in [2.24, 2.45) is 11.3 Å². The van der Waals surface area contributed by atoms with Crippen LogP contribution in [0, 0.1) is 11.3 Å². The number of rotatable bonds is 5. The lowest BCUT2D eigenvalue weighted by atomic mass is 9.68. The number of aliphatic hydroxyl groups excluding tert-OH is 1. The van der Waals surface area contributed by atoms with E-state index in [0.29, 0.717) is 25.9 Å². The van der Waals surface area contributed by atoms with Crippen LogP contribution in [-0.4, -0.2) is 30.1 Å². The van der Waals surface area contributed by atoms with Gasteiger partial charge in [-0.25, -0.2) is 0 Å². The minimum Gasteiger partial charge on any atom is -0.465 e. The summed E-state index contributed by atoms with van der Waals surface area (Å²) >= 11 is 0. The molecule has 4 heteroatoms.